The van der Waals surface area contributed by atoms with Crippen molar-refractivity contribution in [2.45, 2.75) is 36.6 Å². The number of fused-ring (bicyclic) bond motifs is 1. The first kappa shape index (κ1) is 17.9. The number of hydrogen-bond donors (Lipinski definition) is 2. The minimum atomic E-state index is -4.13. The van der Waals surface area contributed by atoms with Crippen molar-refractivity contribution in [2.24, 2.45) is 11.7 Å². The van der Waals surface area contributed by atoms with Gasteiger partial charge in [-0.25, -0.2) is 13.1 Å². The zero-order valence-corrected chi connectivity index (χ0v) is 14.5. The standard InChI is InChI=1S/C15H21N3O6S/c16-9-11(10-3-1-2-4-10)17-25(21,22)15-8-14-13(23-5-6-24-14)7-12(15)18(19)20/h7-8,10-11,17H,1-6,9,16H2. The number of rotatable bonds is 6. The summed E-state index contributed by atoms with van der Waals surface area (Å²) < 4.78 is 38.8. The van der Waals surface area contributed by atoms with Gasteiger partial charge < -0.3 is 15.2 Å². The number of nitro groups is 1. The Morgan fingerprint density at radius 3 is 2.40 bits per heavy atom. The fraction of sp³-hybridized carbons (Fsp3) is 0.600. The average molecular weight is 371 g/mol. The molecule has 25 heavy (non-hydrogen) atoms. The highest BCUT2D eigenvalue weighted by Gasteiger charge is 2.34. The lowest BCUT2D eigenvalue weighted by atomic mass is 9.99. The molecule has 1 heterocycles. The number of nitrogens with two attached hydrogens (primary N) is 1. The van der Waals surface area contributed by atoms with Gasteiger partial charge in [0.25, 0.3) is 5.69 Å². The molecule has 138 valence electrons. The van der Waals surface area contributed by atoms with Gasteiger partial charge in [0.1, 0.15) is 13.2 Å². The number of ether oxygens (including phenoxy) is 2. The first-order chi connectivity index (χ1) is 11.9. The topological polar surface area (TPSA) is 134 Å². The van der Waals surface area contributed by atoms with Gasteiger partial charge in [-0.05, 0) is 18.8 Å². The van der Waals surface area contributed by atoms with Crippen molar-refractivity contribution in [1.82, 2.24) is 4.72 Å². The van der Waals surface area contributed by atoms with E-state index in [-0.39, 0.29) is 37.2 Å². The molecule has 1 aliphatic carbocycles. The van der Waals surface area contributed by atoms with Crippen molar-refractivity contribution >= 4 is 15.7 Å². The second-order valence-corrected chi connectivity index (χ2v) is 7.91. The molecule has 0 spiro atoms. The van der Waals surface area contributed by atoms with Crippen molar-refractivity contribution in [2.75, 3.05) is 19.8 Å². The molecule has 10 heteroatoms. The number of nitro benzene ring substituents is 1. The number of nitrogens with one attached hydrogen (secondary N) is 1. The minimum Gasteiger partial charge on any atom is -0.486 e. The Morgan fingerprint density at radius 2 is 1.84 bits per heavy atom. The molecule has 1 fully saturated rings. The highest BCUT2D eigenvalue weighted by Crippen LogP contribution is 2.39. The summed E-state index contributed by atoms with van der Waals surface area (Å²) in [5, 5.41) is 11.4. The van der Waals surface area contributed by atoms with Crippen LogP contribution in [0.3, 0.4) is 0 Å². The zero-order chi connectivity index (χ0) is 18.0. The second kappa shape index (κ2) is 7.14. The van der Waals surface area contributed by atoms with E-state index in [0.717, 1.165) is 37.8 Å². The summed E-state index contributed by atoms with van der Waals surface area (Å²) in [7, 11) is -4.13. The van der Waals surface area contributed by atoms with Crippen LogP contribution in [-0.4, -0.2) is 39.1 Å². The molecule has 1 aliphatic heterocycles. The Morgan fingerprint density at radius 1 is 1.24 bits per heavy atom. The van der Waals surface area contributed by atoms with Gasteiger partial charge in [-0.1, -0.05) is 12.8 Å². The highest BCUT2D eigenvalue weighted by atomic mass is 32.2. The number of hydrogen-bond acceptors (Lipinski definition) is 7. The molecule has 3 N–H and O–H groups in total. The summed E-state index contributed by atoms with van der Waals surface area (Å²) in [5.41, 5.74) is 5.20. The second-order valence-electron chi connectivity index (χ2n) is 6.23. The minimum absolute atomic E-state index is 0.141. The molecule has 3 rings (SSSR count). The van der Waals surface area contributed by atoms with Crippen LogP contribution in [0.1, 0.15) is 25.7 Å². The predicted molar refractivity (Wildman–Crippen MR) is 89.2 cm³/mol. The summed E-state index contributed by atoms with van der Waals surface area (Å²) in [6, 6.07) is 1.80. The van der Waals surface area contributed by atoms with E-state index in [1.54, 1.807) is 0 Å². The highest BCUT2D eigenvalue weighted by molar-refractivity contribution is 7.89. The van der Waals surface area contributed by atoms with Crippen LogP contribution in [0.25, 0.3) is 0 Å². The molecule has 2 aliphatic rings. The molecule has 1 aromatic rings. The third-order valence-electron chi connectivity index (χ3n) is 4.64. The quantitative estimate of drug-likeness (QED) is 0.566. The summed E-state index contributed by atoms with van der Waals surface area (Å²) in [6.45, 7) is 0.652. The van der Waals surface area contributed by atoms with Crippen molar-refractivity contribution in [3.8, 4) is 11.5 Å². The molecule has 1 aromatic carbocycles. The zero-order valence-electron chi connectivity index (χ0n) is 13.6. The van der Waals surface area contributed by atoms with E-state index in [0.29, 0.717) is 0 Å². The van der Waals surface area contributed by atoms with E-state index in [1.165, 1.54) is 0 Å². The molecular formula is C15H21N3O6S. The van der Waals surface area contributed by atoms with Crippen LogP contribution in [0, 0.1) is 16.0 Å². The summed E-state index contributed by atoms with van der Waals surface area (Å²) >= 11 is 0. The smallest absolute Gasteiger partial charge is 0.293 e. The van der Waals surface area contributed by atoms with Gasteiger partial charge in [0.2, 0.25) is 10.0 Å². The maximum atomic E-state index is 12.8. The Bertz CT molecular complexity index is 761. The van der Waals surface area contributed by atoms with Gasteiger partial charge in [-0.15, -0.1) is 0 Å². The van der Waals surface area contributed by atoms with E-state index >= 15 is 0 Å². The van der Waals surface area contributed by atoms with E-state index in [1.807, 2.05) is 0 Å². The summed E-state index contributed by atoms with van der Waals surface area (Å²) in [5.74, 6) is 0.501. The van der Waals surface area contributed by atoms with E-state index in [9.17, 15) is 18.5 Å². The Labute approximate surface area is 145 Å². The molecular weight excluding hydrogens is 350 g/mol. The molecule has 1 atom stereocenters. The molecule has 0 saturated heterocycles. The lowest BCUT2D eigenvalue weighted by molar-refractivity contribution is -0.388. The molecule has 0 amide bonds. The van der Waals surface area contributed by atoms with Crippen molar-refractivity contribution in [3.63, 3.8) is 0 Å². The molecule has 1 unspecified atom stereocenters. The normalized spacial score (nSPS) is 18.9. The lowest BCUT2D eigenvalue weighted by Gasteiger charge is -2.23. The van der Waals surface area contributed by atoms with Crippen LogP contribution in [-0.2, 0) is 10.0 Å². The largest absolute Gasteiger partial charge is 0.486 e. The summed E-state index contributed by atoms with van der Waals surface area (Å²) in [6.07, 6.45) is 3.86. The van der Waals surface area contributed by atoms with Crippen LogP contribution in [0.2, 0.25) is 0 Å². The molecule has 9 nitrogen and oxygen atoms in total. The van der Waals surface area contributed by atoms with Gasteiger partial charge in [0.15, 0.2) is 16.4 Å². The Balaban J connectivity index is 1.96. The van der Waals surface area contributed by atoms with Gasteiger partial charge in [0.05, 0.1) is 11.0 Å². The van der Waals surface area contributed by atoms with Crippen molar-refractivity contribution in [1.29, 1.82) is 0 Å². The maximum Gasteiger partial charge on any atom is 0.293 e. The summed E-state index contributed by atoms with van der Waals surface area (Å²) in [4.78, 5) is 10.2. The molecule has 0 bridgehead atoms. The average Bonchev–Trinajstić information content (AvgIpc) is 3.13. The first-order valence-corrected chi connectivity index (χ1v) is 9.71. The maximum absolute atomic E-state index is 12.8. The van der Waals surface area contributed by atoms with Crippen molar-refractivity contribution < 1.29 is 22.8 Å². The van der Waals surface area contributed by atoms with Crippen LogP contribution >= 0.6 is 0 Å². The fourth-order valence-corrected chi connectivity index (χ4v) is 4.86. The lowest BCUT2D eigenvalue weighted by Crippen LogP contribution is -2.44. The van der Waals surface area contributed by atoms with Crippen LogP contribution in [0.5, 0.6) is 11.5 Å². The Kier molecular flexibility index (Phi) is 5.11. The molecule has 1 saturated carbocycles. The fourth-order valence-electron chi connectivity index (χ4n) is 3.38. The van der Waals surface area contributed by atoms with E-state index in [4.69, 9.17) is 15.2 Å². The van der Waals surface area contributed by atoms with Crippen molar-refractivity contribution in [3.05, 3.63) is 22.2 Å². The van der Waals surface area contributed by atoms with Gasteiger partial charge in [-0.3, -0.25) is 10.1 Å². The number of sulfonamides is 1. The monoisotopic (exact) mass is 371 g/mol. The van der Waals surface area contributed by atoms with Gasteiger partial charge in [0, 0.05) is 18.7 Å². The molecule has 0 radical (unpaired) electrons. The van der Waals surface area contributed by atoms with Crippen LogP contribution in [0.15, 0.2) is 17.0 Å². The third-order valence-corrected chi connectivity index (χ3v) is 6.16. The van der Waals surface area contributed by atoms with Gasteiger partial charge in [-0.2, -0.15) is 0 Å². The first-order valence-electron chi connectivity index (χ1n) is 8.23. The Hall–Kier alpha value is -1.91. The van der Waals surface area contributed by atoms with Crippen LogP contribution < -0.4 is 19.9 Å². The van der Waals surface area contributed by atoms with Crippen LogP contribution in [0.4, 0.5) is 5.69 Å². The third kappa shape index (κ3) is 3.70. The molecule has 0 aromatic heterocycles. The number of benzene rings is 1. The van der Waals surface area contributed by atoms with Gasteiger partial charge >= 0.3 is 0 Å². The van der Waals surface area contributed by atoms with E-state index < -0.39 is 31.6 Å². The SMILES string of the molecule is NCC(NS(=O)(=O)c1cc2c(cc1[N+](=O)[O-])OCCO2)C1CCCC1. The predicted octanol–water partition coefficient (Wildman–Crippen LogP) is 1.16. The number of nitrogens with zero attached hydrogens (tertiary/aromatic N) is 1. The van der Waals surface area contributed by atoms with E-state index in [2.05, 4.69) is 4.72 Å².